The zero-order valence-corrected chi connectivity index (χ0v) is 10.6. The van der Waals surface area contributed by atoms with Crippen molar-refractivity contribution < 1.29 is 29.3 Å². The summed E-state index contributed by atoms with van der Waals surface area (Å²) < 4.78 is 9.66. The molecular formula is C8H23NO6P+. The molecule has 0 spiro atoms. The van der Waals surface area contributed by atoms with E-state index in [1.54, 1.807) is 0 Å². The molecule has 0 aliphatic carbocycles. The maximum absolute atomic E-state index is 9.23. The van der Waals surface area contributed by atoms with Gasteiger partial charge >= 0.3 is 7.94 Å². The molecule has 1 atom stereocenters. The molecule has 8 heteroatoms. The van der Waals surface area contributed by atoms with Gasteiger partial charge in [-0.25, -0.2) is 0 Å². The Labute approximate surface area is 96.4 Å². The van der Waals surface area contributed by atoms with Crippen LogP contribution < -0.4 is 5.73 Å². The van der Waals surface area contributed by atoms with E-state index in [-0.39, 0.29) is 13.2 Å². The van der Waals surface area contributed by atoms with Crippen LogP contribution in [0.3, 0.4) is 0 Å². The number of rotatable bonds is 8. The highest BCUT2D eigenvalue weighted by atomic mass is 31.2. The second kappa shape index (κ2) is 11.6. The standard InChI is InChI=1S/C7H19NO5P.CH4O/c1-14(10,11)13-6-7(9)5-12-4-2-3-8;1-2/h7,9-11H,2-6,8H2,1H3;2H,1H3/q+1;. The largest absolute Gasteiger partial charge is 0.403 e. The topological polar surface area (TPSA) is 125 Å². The zero-order valence-electron chi connectivity index (χ0n) is 9.74. The van der Waals surface area contributed by atoms with Crippen molar-refractivity contribution in [1.29, 1.82) is 0 Å². The lowest BCUT2D eigenvalue weighted by atomic mass is 10.4. The summed E-state index contributed by atoms with van der Waals surface area (Å²) in [7, 11) is -2.25. The summed E-state index contributed by atoms with van der Waals surface area (Å²) in [5, 5.41) is 16.2. The predicted octanol–water partition coefficient (Wildman–Crippen LogP) is -1.29. The Morgan fingerprint density at radius 2 is 1.81 bits per heavy atom. The van der Waals surface area contributed by atoms with Crippen LogP contribution in [0.25, 0.3) is 0 Å². The van der Waals surface area contributed by atoms with E-state index in [0.717, 1.165) is 13.5 Å². The smallest absolute Gasteiger partial charge is 0.400 e. The van der Waals surface area contributed by atoms with Gasteiger partial charge in [0.2, 0.25) is 0 Å². The molecular weight excluding hydrogens is 237 g/mol. The Kier molecular flexibility index (Phi) is 13.5. The van der Waals surface area contributed by atoms with Crippen LogP contribution in [-0.4, -0.2) is 66.2 Å². The van der Waals surface area contributed by atoms with Gasteiger partial charge in [0.15, 0.2) is 0 Å². The van der Waals surface area contributed by atoms with Crippen LogP contribution in [0.5, 0.6) is 0 Å². The third-order valence-electron chi connectivity index (χ3n) is 1.31. The number of ether oxygens (including phenoxy) is 1. The monoisotopic (exact) mass is 260 g/mol. The van der Waals surface area contributed by atoms with Crippen molar-refractivity contribution in [3.8, 4) is 0 Å². The molecule has 1 unspecified atom stereocenters. The molecule has 0 radical (unpaired) electrons. The van der Waals surface area contributed by atoms with Gasteiger partial charge in [0.25, 0.3) is 0 Å². The number of aliphatic hydroxyl groups is 2. The van der Waals surface area contributed by atoms with Crippen LogP contribution in [0.2, 0.25) is 0 Å². The molecule has 0 fully saturated rings. The molecule has 0 aromatic heterocycles. The van der Waals surface area contributed by atoms with E-state index in [0.29, 0.717) is 13.2 Å². The highest BCUT2D eigenvalue weighted by Crippen LogP contribution is 2.46. The summed E-state index contributed by atoms with van der Waals surface area (Å²) in [5.74, 6) is 0. The summed E-state index contributed by atoms with van der Waals surface area (Å²) in [5.41, 5.74) is 5.23. The molecule has 0 bridgehead atoms. The number of aliphatic hydroxyl groups excluding tert-OH is 2. The second-order valence-corrected chi connectivity index (χ2v) is 4.93. The molecule has 0 aromatic rings. The first kappa shape index (κ1) is 18.5. The van der Waals surface area contributed by atoms with E-state index >= 15 is 0 Å². The van der Waals surface area contributed by atoms with Gasteiger partial charge in [0.05, 0.1) is 6.61 Å². The third-order valence-corrected chi connectivity index (χ3v) is 1.95. The molecule has 0 rings (SSSR count). The maximum atomic E-state index is 9.23. The van der Waals surface area contributed by atoms with Crippen molar-refractivity contribution in [3.63, 3.8) is 0 Å². The molecule has 0 saturated carbocycles. The van der Waals surface area contributed by atoms with Crippen molar-refractivity contribution in [2.75, 3.05) is 40.1 Å². The molecule has 6 N–H and O–H groups in total. The van der Waals surface area contributed by atoms with Crippen LogP contribution >= 0.6 is 7.94 Å². The minimum atomic E-state index is -3.25. The van der Waals surface area contributed by atoms with E-state index in [1.165, 1.54) is 6.66 Å². The fourth-order valence-corrected chi connectivity index (χ4v) is 1.13. The molecule has 0 aliphatic heterocycles. The van der Waals surface area contributed by atoms with E-state index in [1.807, 2.05) is 0 Å². The van der Waals surface area contributed by atoms with Gasteiger partial charge in [-0.1, -0.05) is 0 Å². The van der Waals surface area contributed by atoms with Crippen LogP contribution in [0.15, 0.2) is 0 Å². The summed E-state index contributed by atoms with van der Waals surface area (Å²) in [4.78, 5) is 17.7. The van der Waals surface area contributed by atoms with Gasteiger partial charge in [-0.3, -0.25) is 0 Å². The number of hydrogen-bond donors (Lipinski definition) is 5. The Morgan fingerprint density at radius 3 is 2.25 bits per heavy atom. The molecule has 0 saturated heterocycles. The van der Waals surface area contributed by atoms with Crippen molar-refractivity contribution >= 4 is 7.94 Å². The minimum absolute atomic E-state index is 0.111. The van der Waals surface area contributed by atoms with Crippen molar-refractivity contribution in [3.05, 3.63) is 0 Å². The van der Waals surface area contributed by atoms with Gasteiger partial charge in [-0.2, -0.15) is 14.3 Å². The quantitative estimate of drug-likeness (QED) is 0.272. The Morgan fingerprint density at radius 1 is 1.25 bits per heavy atom. The Bertz CT molecular complexity index is 143. The lowest BCUT2D eigenvalue weighted by molar-refractivity contribution is 0.00783. The van der Waals surface area contributed by atoms with Crippen LogP contribution in [0.4, 0.5) is 0 Å². The normalized spacial score (nSPS) is 12.9. The van der Waals surface area contributed by atoms with Crippen LogP contribution in [0, 0.1) is 0 Å². The van der Waals surface area contributed by atoms with Gasteiger partial charge in [-0.05, 0) is 13.0 Å². The molecule has 7 nitrogen and oxygen atoms in total. The average molecular weight is 260 g/mol. The molecule has 100 valence electrons. The van der Waals surface area contributed by atoms with Gasteiger partial charge in [0, 0.05) is 13.7 Å². The van der Waals surface area contributed by atoms with Gasteiger partial charge in [-0.15, -0.1) is 0 Å². The van der Waals surface area contributed by atoms with E-state index in [4.69, 9.17) is 25.4 Å². The van der Waals surface area contributed by atoms with E-state index in [9.17, 15) is 5.11 Å². The lowest BCUT2D eigenvalue weighted by Crippen LogP contribution is -2.22. The first-order valence-electron chi connectivity index (χ1n) is 4.83. The molecule has 16 heavy (non-hydrogen) atoms. The highest BCUT2D eigenvalue weighted by molar-refractivity contribution is 7.58. The molecule has 0 aromatic carbocycles. The Balaban J connectivity index is 0. The zero-order chi connectivity index (χ0) is 13.0. The first-order chi connectivity index (χ1) is 7.45. The fourth-order valence-electron chi connectivity index (χ4n) is 0.680. The fraction of sp³-hybridized carbons (Fsp3) is 1.00. The molecule has 0 heterocycles. The maximum Gasteiger partial charge on any atom is 0.403 e. The van der Waals surface area contributed by atoms with Gasteiger partial charge < -0.3 is 20.7 Å². The summed E-state index contributed by atoms with van der Waals surface area (Å²) in [6.45, 7) is 2.18. The Hall–Kier alpha value is 0.150. The van der Waals surface area contributed by atoms with Crippen molar-refractivity contribution in [1.82, 2.24) is 0 Å². The molecule has 0 aliphatic rings. The van der Waals surface area contributed by atoms with Gasteiger partial charge in [0.1, 0.15) is 19.4 Å². The predicted molar refractivity (Wildman–Crippen MR) is 61.9 cm³/mol. The second-order valence-electron chi connectivity index (χ2n) is 3.00. The SMILES string of the molecule is CO.C[P+](O)(O)OCC(O)COCCCN. The molecule has 0 amide bonds. The van der Waals surface area contributed by atoms with Crippen molar-refractivity contribution in [2.45, 2.75) is 12.5 Å². The lowest BCUT2D eigenvalue weighted by Gasteiger charge is -2.11. The summed E-state index contributed by atoms with van der Waals surface area (Å²) >= 11 is 0. The van der Waals surface area contributed by atoms with Crippen LogP contribution in [0.1, 0.15) is 6.42 Å². The summed E-state index contributed by atoms with van der Waals surface area (Å²) in [6.07, 6.45) is -0.107. The van der Waals surface area contributed by atoms with Crippen LogP contribution in [-0.2, 0) is 9.26 Å². The number of nitrogens with two attached hydrogens (primary N) is 1. The average Bonchev–Trinajstić information content (AvgIpc) is 2.23. The van der Waals surface area contributed by atoms with E-state index < -0.39 is 14.0 Å². The highest BCUT2D eigenvalue weighted by Gasteiger charge is 2.28. The minimum Gasteiger partial charge on any atom is -0.400 e. The first-order valence-corrected chi connectivity index (χ1v) is 6.89. The third kappa shape index (κ3) is 16.6. The van der Waals surface area contributed by atoms with Crippen molar-refractivity contribution in [2.24, 2.45) is 5.73 Å². The summed E-state index contributed by atoms with van der Waals surface area (Å²) in [6, 6.07) is 0. The number of hydrogen-bond acceptors (Lipinski definition) is 7. The van der Waals surface area contributed by atoms with E-state index in [2.05, 4.69) is 4.52 Å².